The lowest BCUT2D eigenvalue weighted by Gasteiger charge is -2.05. The van der Waals surface area contributed by atoms with Crippen LogP contribution in [-0.2, 0) is 0 Å². The molecule has 4 aromatic rings. The summed E-state index contributed by atoms with van der Waals surface area (Å²) in [6.07, 6.45) is 3.57. The van der Waals surface area contributed by atoms with Crippen molar-refractivity contribution in [1.82, 2.24) is 14.6 Å². The summed E-state index contributed by atoms with van der Waals surface area (Å²) in [5, 5.41) is 5.44. The maximum absolute atomic E-state index is 5.98. The van der Waals surface area contributed by atoms with E-state index < -0.39 is 0 Å². The Balaban J connectivity index is 1.70. The Kier molecular flexibility index (Phi) is 4.45. The van der Waals surface area contributed by atoms with Gasteiger partial charge in [0.15, 0.2) is 11.4 Å². The number of unbranched alkanes of at least 4 members (excludes halogenated alkanes) is 1. The van der Waals surface area contributed by atoms with Crippen LogP contribution in [0.1, 0.15) is 12.8 Å². The van der Waals surface area contributed by atoms with Crippen LogP contribution < -0.4 is 15.2 Å². The number of nitrogens with zero attached hydrogens (tertiary/aromatic N) is 3. The predicted octanol–water partition coefficient (Wildman–Crippen LogP) is 3.27. The lowest BCUT2D eigenvalue weighted by atomic mass is 10.2. The summed E-state index contributed by atoms with van der Waals surface area (Å²) in [7, 11) is 1.64. The molecule has 0 atom stereocenters. The average Bonchev–Trinajstić information content (AvgIpc) is 3.28. The van der Waals surface area contributed by atoms with Gasteiger partial charge in [-0.25, -0.2) is 9.50 Å². The van der Waals surface area contributed by atoms with E-state index in [1.807, 2.05) is 36.4 Å². The summed E-state index contributed by atoms with van der Waals surface area (Å²) in [6, 6.07) is 11.3. The monoisotopic (exact) mass is 352 g/mol. The van der Waals surface area contributed by atoms with Gasteiger partial charge in [0, 0.05) is 6.07 Å². The van der Waals surface area contributed by atoms with Crippen molar-refractivity contribution in [1.29, 1.82) is 0 Å². The highest BCUT2D eigenvalue weighted by Gasteiger charge is 2.15. The van der Waals surface area contributed by atoms with Crippen molar-refractivity contribution in [3.8, 4) is 23.1 Å². The lowest BCUT2D eigenvalue weighted by Crippen LogP contribution is -2.05. The zero-order valence-corrected chi connectivity index (χ0v) is 14.5. The first-order valence-corrected chi connectivity index (χ1v) is 8.55. The second-order valence-electron chi connectivity index (χ2n) is 5.91. The zero-order valence-electron chi connectivity index (χ0n) is 14.5. The van der Waals surface area contributed by atoms with Crippen LogP contribution in [0.15, 0.2) is 47.0 Å². The summed E-state index contributed by atoms with van der Waals surface area (Å²) >= 11 is 0. The fraction of sp³-hybridized carbons (Fsp3) is 0.263. The quantitative estimate of drug-likeness (QED) is 0.514. The Morgan fingerprint density at radius 3 is 2.96 bits per heavy atom. The highest BCUT2D eigenvalue weighted by atomic mass is 16.5. The Bertz CT molecular complexity index is 1040. The van der Waals surface area contributed by atoms with Crippen LogP contribution in [0, 0.1) is 0 Å². The molecule has 0 amide bonds. The third-order valence-corrected chi connectivity index (χ3v) is 4.18. The molecular formula is C19H20N4O3. The molecule has 0 aliphatic carbocycles. The van der Waals surface area contributed by atoms with Gasteiger partial charge in [0.1, 0.15) is 17.0 Å². The summed E-state index contributed by atoms with van der Waals surface area (Å²) < 4.78 is 18.8. The molecule has 26 heavy (non-hydrogen) atoms. The number of benzene rings is 1. The summed E-state index contributed by atoms with van der Waals surface area (Å²) in [6.45, 7) is 1.25. The van der Waals surface area contributed by atoms with E-state index in [1.165, 1.54) is 0 Å². The van der Waals surface area contributed by atoms with Crippen molar-refractivity contribution in [2.75, 3.05) is 20.3 Å². The van der Waals surface area contributed by atoms with Gasteiger partial charge < -0.3 is 19.6 Å². The predicted molar refractivity (Wildman–Crippen MR) is 98.5 cm³/mol. The number of nitrogens with two attached hydrogens (primary N) is 1. The smallest absolute Gasteiger partial charge is 0.231 e. The molecule has 0 spiro atoms. The fourth-order valence-electron chi connectivity index (χ4n) is 2.86. The van der Waals surface area contributed by atoms with E-state index in [0.29, 0.717) is 24.8 Å². The van der Waals surface area contributed by atoms with Gasteiger partial charge in [-0.05, 0) is 43.7 Å². The van der Waals surface area contributed by atoms with Crippen molar-refractivity contribution in [3.63, 3.8) is 0 Å². The molecular weight excluding hydrogens is 332 g/mol. The second-order valence-corrected chi connectivity index (χ2v) is 5.91. The molecule has 4 rings (SSSR count). The number of fused-ring (bicyclic) bond motifs is 2. The van der Waals surface area contributed by atoms with Crippen LogP contribution >= 0.6 is 0 Å². The Morgan fingerprint density at radius 2 is 2.12 bits per heavy atom. The van der Waals surface area contributed by atoms with Crippen LogP contribution in [0.2, 0.25) is 0 Å². The maximum Gasteiger partial charge on any atom is 0.231 e. The van der Waals surface area contributed by atoms with Gasteiger partial charge in [-0.2, -0.15) is 0 Å². The van der Waals surface area contributed by atoms with Crippen LogP contribution in [0.5, 0.6) is 11.6 Å². The van der Waals surface area contributed by atoms with Crippen LogP contribution in [0.4, 0.5) is 0 Å². The molecule has 0 aliphatic rings. The van der Waals surface area contributed by atoms with E-state index in [4.69, 9.17) is 19.6 Å². The first kappa shape index (κ1) is 16.4. The highest BCUT2D eigenvalue weighted by molar-refractivity contribution is 5.88. The lowest BCUT2D eigenvalue weighted by molar-refractivity contribution is 0.292. The normalized spacial score (nSPS) is 11.3. The molecule has 0 bridgehead atoms. The van der Waals surface area contributed by atoms with Gasteiger partial charge in [-0.1, -0.05) is 6.07 Å². The minimum Gasteiger partial charge on any atom is -0.496 e. The van der Waals surface area contributed by atoms with Gasteiger partial charge in [-0.15, -0.1) is 5.10 Å². The van der Waals surface area contributed by atoms with Crippen molar-refractivity contribution in [3.05, 3.63) is 42.6 Å². The SMILES string of the molecule is COc1cccc2oc(-c3cnc4ccc(OCCCCN)nn34)cc12. The van der Waals surface area contributed by atoms with Gasteiger partial charge >= 0.3 is 0 Å². The van der Waals surface area contributed by atoms with Crippen molar-refractivity contribution in [2.45, 2.75) is 12.8 Å². The topological polar surface area (TPSA) is 87.8 Å². The molecule has 7 heteroatoms. The third-order valence-electron chi connectivity index (χ3n) is 4.18. The number of imidazole rings is 1. The van der Waals surface area contributed by atoms with Crippen LogP contribution in [0.3, 0.4) is 0 Å². The van der Waals surface area contributed by atoms with Gasteiger partial charge in [0.25, 0.3) is 0 Å². The summed E-state index contributed by atoms with van der Waals surface area (Å²) in [4.78, 5) is 4.40. The van der Waals surface area contributed by atoms with Crippen molar-refractivity contribution < 1.29 is 13.9 Å². The van der Waals surface area contributed by atoms with E-state index >= 15 is 0 Å². The van der Waals surface area contributed by atoms with E-state index in [-0.39, 0.29) is 0 Å². The zero-order chi connectivity index (χ0) is 17.9. The number of ether oxygens (including phenoxy) is 2. The molecule has 1 aromatic carbocycles. The van der Waals surface area contributed by atoms with Crippen LogP contribution in [0.25, 0.3) is 28.1 Å². The van der Waals surface area contributed by atoms with Gasteiger partial charge in [0.05, 0.1) is 25.3 Å². The van der Waals surface area contributed by atoms with E-state index in [2.05, 4.69) is 10.1 Å². The Hall–Kier alpha value is -3.06. The largest absolute Gasteiger partial charge is 0.496 e. The molecule has 7 nitrogen and oxygen atoms in total. The van der Waals surface area contributed by atoms with E-state index in [0.717, 1.165) is 40.9 Å². The number of hydrogen-bond donors (Lipinski definition) is 1. The minimum absolute atomic E-state index is 0.544. The molecule has 0 fully saturated rings. The van der Waals surface area contributed by atoms with Crippen LogP contribution in [-0.4, -0.2) is 34.9 Å². The van der Waals surface area contributed by atoms with E-state index in [9.17, 15) is 0 Å². The van der Waals surface area contributed by atoms with Gasteiger partial charge in [-0.3, -0.25) is 0 Å². The molecule has 3 aromatic heterocycles. The maximum atomic E-state index is 5.98. The molecule has 0 saturated carbocycles. The van der Waals surface area contributed by atoms with Gasteiger partial charge in [0.2, 0.25) is 5.88 Å². The molecule has 3 heterocycles. The van der Waals surface area contributed by atoms with Crippen molar-refractivity contribution >= 4 is 16.6 Å². The number of furan rings is 1. The third kappa shape index (κ3) is 2.97. The fourth-order valence-corrected chi connectivity index (χ4v) is 2.86. The Morgan fingerprint density at radius 1 is 1.19 bits per heavy atom. The molecule has 2 N–H and O–H groups in total. The second kappa shape index (κ2) is 7.05. The molecule has 0 radical (unpaired) electrons. The number of methoxy groups -OCH3 is 1. The molecule has 134 valence electrons. The highest BCUT2D eigenvalue weighted by Crippen LogP contribution is 2.33. The Labute approximate surface area is 150 Å². The van der Waals surface area contributed by atoms with E-state index in [1.54, 1.807) is 17.8 Å². The van der Waals surface area contributed by atoms with Crippen molar-refractivity contribution in [2.24, 2.45) is 5.73 Å². The first-order valence-electron chi connectivity index (χ1n) is 8.55. The number of aromatic nitrogens is 3. The molecule has 0 aliphatic heterocycles. The number of hydrogen-bond acceptors (Lipinski definition) is 6. The minimum atomic E-state index is 0.544. The summed E-state index contributed by atoms with van der Waals surface area (Å²) in [5.74, 6) is 1.98. The first-order chi connectivity index (χ1) is 12.8. The molecule has 0 saturated heterocycles. The molecule has 0 unspecified atom stereocenters. The average molecular weight is 352 g/mol. The standard InChI is InChI=1S/C19H20N4O3/c1-24-15-5-4-6-16-13(15)11-17(26-16)14-12-21-18-7-8-19(22-23(14)18)25-10-3-2-9-20/h4-8,11-12H,2-3,9-10,20H2,1H3. The number of rotatable bonds is 7. The summed E-state index contributed by atoms with van der Waals surface area (Å²) in [5.41, 5.74) is 7.73.